The van der Waals surface area contributed by atoms with Crippen molar-refractivity contribution in [2.45, 2.75) is 31.8 Å². The fraction of sp³-hybridized carbons (Fsp3) is 0.600. The fourth-order valence-corrected chi connectivity index (χ4v) is 3.06. The molecule has 4 nitrogen and oxygen atoms in total. The topological polar surface area (TPSA) is 48.4 Å². The molecule has 2 atom stereocenters. The number of Topliss-reactive ketones (excluding diaryl/α,β-unsaturated/α-hetero) is 1. The number of pyridine rings is 1. The zero-order chi connectivity index (χ0) is 13.3. The standard InChI is InChI=1S/C15H19NO3/c1-11-2-5-16-9-13(11)14(17)12-3-6-19-15(8-12)4-7-18-10-15/h2,5,9,12H,3-4,6-8,10H2,1H3. The molecule has 0 N–H and O–H groups in total. The summed E-state index contributed by atoms with van der Waals surface area (Å²) in [6, 6.07) is 1.89. The minimum absolute atomic E-state index is 0.0401. The van der Waals surface area contributed by atoms with E-state index >= 15 is 0 Å². The van der Waals surface area contributed by atoms with Crippen LogP contribution in [0.5, 0.6) is 0 Å². The van der Waals surface area contributed by atoms with Gasteiger partial charge in [0.05, 0.1) is 12.2 Å². The van der Waals surface area contributed by atoms with Gasteiger partial charge in [-0.1, -0.05) is 0 Å². The second kappa shape index (κ2) is 5.02. The number of hydrogen-bond donors (Lipinski definition) is 0. The van der Waals surface area contributed by atoms with Crippen molar-refractivity contribution in [1.82, 2.24) is 4.98 Å². The van der Waals surface area contributed by atoms with Gasteiger partial charge in [-0.05, 0) is 31.4 Å². The zero-order valence-corrected chi connectivity index (χ0v) is 11.2. The lowest BCUT2D eigenvalue weighted by Crippen LogP contribution is -2.42. The average Bonchev–Trinajstić information content (AvgIpc) is 2.86. The molecular formula is C15H19NO3. The molecule has 0 radical (unpaired) electrons. The van der Waals surface area contributed by atoms with Gasteiger partial charge in [-0.3, -0.25) is 9.78 Å². The van der Waals surface area contributed by atoms with Gasteiger partial charge in [-0.2, -0.15) is 0 Å². The molecule has 0 bridgehead atoms. The van der Waals surface area contributed by atoms with Crippen LogP contribution in [0.3, 0.4) is 0 Å². The third-order valence-corrected chi connectivity index (χ3v) is 4.24. The molecule has 19 heavy (non-hydrogen) atoms. The van der Waals surface area contributed by atoms with Gasteiger partial charge < -0.3 is 9.47 Å². The average molecular weight is 261 g/mol. The second-order valence-electron chi connectivity index (χ2n) is 5.58. The normalized spacial score (nSPS) is 30.7. The van der Waals surface area contributed by atoms with E-state index in [4.69, 9.17) is 9.47 Å². The maximum Gasteiger partial charge on any atom is 0.167 e. The molecule has 0 saturated carbocycles. The first-order valence-electron chi connectivity index (χ1n) is 6.87. The Morgan fingerprint density at radius 3 is 3.11 bits per heavy atom. The van der Waals surface area contributed by atoms with Crippen molar-refractivity contribution in [1.29, 1.82) is 0 Å². The summed E-state index contributed by atoms with van der Waals surface area (Å²) in [6.07, 6.45) is 5.89. The molecule has 2 aliphatic rings. The number of carbonyl (C=O) groups excluding carboxylic acids is 1. The fourth-order valence-electron chi connectivity index (χ4n) is 3.06. The first-order valence-corrected chi connectivity index (χ1v) is 6.87. The van der Waals surface area contributed by atoms with E-state index in [1.165, 1.54) is 0 Å². The molecule has 4 heteroatoms. The molecule has 2 unspecified atom stereocenters. The minimum Gasteiger partial charge on any atom is -0.378 e. The van der Waals surface area contributed by atoms with Crippen molar-refractivity contribution < 1.29 is 14.3 Å². The highest BCUT2D eigenvalue weighted by molar-refractivity contribution is 5.98. The van der Waals surface area contributed by atoms with Crippen molar-refractivity contribution in [2.24, 2.45) is 5.92 Å². The lowest BCUT2D eigenvalue weighted by molar-refractivity contribution is -0.0920. The van der Waals surface area contributed by atoms with Crippen molar-refractivity contribution in [3.63, 3.8) is 0 Å². The van der Waals surface area contributed by atoms with Gasteiger partial charge in [0, 0.05) is 43.5 Å². The third-order valence-electron chi connectivity index (χ3n) is 4.24. The molecule has 0 amide bonds. The largest absolute Gasteiger partial charge is 0.378 e. The van der Waals surface area contributed by atoms with Crippen LogP contribution in [-0.4, -0.2) is 36.2 Å². The maximum absolute atomic E-state index is 12.6. The first kappa shape index (κ1) is 12.8. The van der Waals surface area contributed by atoms with Gasteiger partial charge in [-0.15, -0.1) is 0 Å². The zero-order valence-electron chi connectivity index (χ0n) is 11.2. The highest BCUT2D eigenvalue weighted by Gasteiger charge is 2.43. The molecule has 0 aliphatic carbocycles. The molecule has 102 valence electrons. The third kappa shape index (κ3) is 2.42. The van der Waals surface area contributed by atoms with E-state index in [-0.39, 0.29) is 17.3 Å². The lowest BCUT2D eigenvalue weighted by atomic mass is 9.81. The van der Waals surface area contributed by atoms with Crippen LogP contribution in [0.2, 0.25) is 0 Å². The number of carbonyl (C=O) groups is 1. The van der Waals surface area contributed by atoms with Crippen LogP contribution in [0.1, 0.15) is 35.2 Å². The molecule has 1 spiro atoms. The smallest absolute Gasteiger partial charge is 0.167 e. The number of ketones is 1. The van der Waals surface area contributed by atoms with Gasteiger partial charge >= 0.3 is 0 Å². The number of rotatable bonds is 2. The molecule has 2 saturated heterocycles. The Balaban J connectivity index is 1.78. The van der Waals surface area contributed by atoms with Gasteiger partial charge in [0.2, 0.25) is 0 Å². The van der Waals surface area contributed by atoms with Crippen LogP contribution < -0.4 is 0 Å². The molecule has 2 aliphatic heterocycles. The summed E-state index contributed by atoms with van der Waals surface area (Å²) in [6.45, 7) is 3.98. The van der Waals surface area contributed by atoms with Crippen molar-refractivity contribution in [3.8, 4) is 0 Å². The molecule has 3 rings (SSSR count). The van der Waals surface area contributed by atoms with E-state index in [1.54, 1.807) is 12.4 Å². The summed E-state index contributed by atoms with van der Waals surface area (Å²) in [5.41, 5.74) is 1.54. The van der Waals surface area contributed by atoms with Crippen molar-refractivity contribution in [2.75, 3.05) is 19.8 Å². The van der Waals surface area contributed by atoms with Crippen LogP contribution in [0.25, 0.3) is 0 Å². The predicted octanol–water partition coefficient (Wildman–Crippen LogP) is 2.16. The van der Waals surface area contributed by atoms with Gasteiger partial charge in [0.15, 0.2) is 5.78 Å². The summed E-state index contributed by atoms with van der Waals surface area (Å²) >= 11 is 0. The van der Waals surface area contributed by atoms with E-state index in [9.17, 15) is 4.79 Å². The van der Waals surface area contributed by atoms with E-state index in [0.717, 1.165) is 37.0 Å². The summed E-state index contributed by atoms with van der Waals surface area (Å²) in [5, 5.41) is 0. The Kier molecular flexibility index (Phi) is 3.37. The summed E-state index contributed by atoms with van der Waals surface area (Å²) in [4.78, 5) is 16.7. The highest BCUT2D eigenvalue weighted by Crippen LogP contribution is 2.37. The van der Waals surface area contributed by atoms with Gasteiger partial charge in [0.1, 0.15) is 0 Å². The Morgan fingerprint density at radius 2 is 2.37 bits per heavy atom. The van der Waals surface area contributed by atoms with Crippen molar-refractivity contribution >= 4 is 5.78 Å². The number of aryl methyl sites for hydroxylation is 1. The molecule has 3 heterocycles. The van der Waals surface area contributed by atoms with E-state index in [1.807, 2.05) is 13.0 Å². The predicted molar refractivity (Wildman–Crippen MR) is 70.1 cm³/mol. The Morgan fingerprint density at radius 1 is 1.47 bits per heavy atom. The molecule has 2 fully saturated rings. The van der Waals surface area contributed by atoms with Crippen LogP contribution in [0.4, 0.5) is 0 Å². The Hall–Kier alpha value is -1.26. The van der Waals surface area contributed by atoms with Crippen LogP contribution in [-0.2, 0) is 9.47 Å². The molecule has 1 aromatic rings. The Bertz CT molecular complexity index is 480. The molecule has 0 aromatic carbocycles. The van der Waals surface area contributed by atoms with Crippen LogP contribution >= 0.6 is 0 Å². The molecule has 1 aromatic heterocycles. The number of ether oxygens (including phenoxy) is 2. The van der Waals surface area contributed by atoms with Crippen LogP contribution in [0, 0.1) is 12.8 Å². The van der Waals surface area contributed by atoms with Crippen molar-refractivity contribution in [3.05, 3.63) is 29.6 Å². The van der Waals surface area contributed by atoms with Crippen LogP contribution in [0.15, 0.2) is 18.5 Å². The SMILES string of the molecule is Cc1ccncc1C(=O)C1CCOC2(CCOC2)C1. The monoisotopic (exact) mass is 261 g/mol. The summed E-state index contributed by atoms with van der Waals surface area (Å²) < 4.78 is 11.3. The Labute approximate surface area is 113 Å². The van der Waals surface area contributed by atoms with E-state index < -0.39 is 0 Å². The quantitative estimate of drug-likeness (QED) is 0.765. The number of hydrogen-bond acceptors (Lipinski definition) is 4. The first-order chi connectivity index (χ1) is 9.20. The highest BCUT2D eigenvalue weighted by atomic mass is 16.6. The maximum atomic E-state index is 12.6. The number of aromatic nitrogens is 1. The summed E-state index contributed by atoms with van der Waals surface area (Å²) in [5.74, 6) is 0.249. The van der Waals surface area contributed by atoms with Gasteiger partial charge in [0.25, 0.3) is 0 Å². The second-order valence-corrected chi connectivity index (χ2v) is 5.58. The lowest BCUT2D eigenvalue weighted by Gasteiger charge is -2.36. The van der Waals surface area contributed by atoms with E-state index in [2.05, 4.69) is 4.98 Å². The van der Waals surface area contributed by atoms with Gasteiger partial charge in [-0.25, -0.2) is 0 Å². The summed E-state index contributed by atoms with van der Waals surface area (Å²) in [7, 11) is 0. The minimum atomic E-state index is -0.214. The van der Waals surface area contributed by atoms with E-state index in [0.29, 0.717) is 13.2 Å². The molecular weight excluding hydrogens is 242 g/mol. The number of nitrogens with zero attached hydrogens (tertiary/aromatic N) is 1.